The summed E-state index contributed by atoms with van der Waals surface area (Å²) in [5.41, 5.74) is 0.842. The molecule has 15 heteroatoms. The van der Waals surface area contributed by atoms with Gasteiger partial charge in [0, 0.05) is 25.7 Å². The van der Waals surface area contributed by atoms with E-state index >= 15 is 0 Å². The number of rotatable bonds is 10. The molecule has 1 aromatic heterocycles. The molecule has 2 atom stereocenters. The molecule has 0 bridgehead atoms. The predicted molar refractivity (Wildman–Crippen MR) is 145 cm³/mol. The molecule has 5 rings (SSSR count). The predicted octanol–water partition coefficient (Wildman–Crippen LogP) is 0.941. The normalized spacial score (nSPS) is 20.9. The Morgan fingerprint density at radius 3 is 2.67 bits per heavy atom. The number of sulfonamides is 2. The fraction of sp³-hybridized carbons (Fsp3) is 0.500. The van der Waals surface area contributed by atoms with E-state index in [1.54, 1.807) is 36.4 Å². The zero-order valence-corrected chi connectivity index (χ0v) is 23.8. The lowest BCUT2D eigenvalue weighted by molar-refractivity contribution is -0.0312. The van der Waals surface area contributed by atoms with Crippen LogP contribution in [0.3, 0.4) is 0 Å². The molecule has 2 aromatic carbocycles. The number of piperidine rings is 1. The van der Waals surface area contributed by atoms with Gasteiger partial charge in [-0.1, -0.05) is 12.1 Å². The molecule has 12 nitrogen and oxygen atoms in total. The highest BCUT2D eigenvalue weighted by Crippen LogP contribution is 2.37. The standard InChI is InChI=1S/C24H31N5O7S3/c1-25-38(31,32)23-5-3-2-4-22(23)35-16-18(30)14-26-17-13-24(36-15-17)8-10-29(11-9-24)39(33,34)19-6-7-20-21(12-19)28-37-27-20/h2-7,12,17-18,25-26,30H,8-11,13-16H2,1H3/t17?,18-/m0/s1. The number of para-hydroxylation sites is 1. The van der Waals surface area contributed by atoms with Gasteiger partial charge in [-0.3, -0.25) is 0 Å². The van der Waals surface area contributed by atoms with Crippen molar-refractivity contribution in [3.05, 3.63) is 42.5 Å². The van der Waals surface area contributed by atoms with Crippen LogP contribution in [0.2, 0.25) is 0 Å². The van der Waals surface area contributed by atoms with Gasteiger partial charge in [-0.2, -0.15) is 13.1 Å². The van der Waals surface area contributed by atoms with E-state index in [0.29, 0.717) is 50.0 Å². The molecule has 0 amide bonds. The molecule has 39 heavy (non-hydrogen) atoms. The van der Waals surface area contributed by atoms with Crippen LogP contribution < -0.4 is 14.8 Å². The number of nitrogens with one attached hydrogen (secondary N) is 2. The van der Waals surface area contributed by atoms with Gasteiger partial charge in [0.2, 0.25) is 20.0 Å². The molecule has 0 saturated carbocycles. The van der Waals surface area contributed by atoms with Gasteiger partial charge in [0.25, 0.3) is 0 Å². The highest BCUT2D eigenvalue weighted by molar-refractivity contribution is 7.89. The van der Waals surface area contributed by atoms with Gasteiger partial charge in [-0.15, -0.1) is 0 Å². The minimum atomic E-state index is -3.69. The van der Waals surface area contributed by atoms with Gasteiger partial charge < -0.3 is 19.9 Å². The van der Waals surface area contributed by atoms with E-state index in [-0.39, 0.29) is 34.7 Å². The summed E-state index contributed by atoms with van der Waals surface area (Å²) in [6.45, 7) is 1.32. The van der Waals surface area contributed by atoms with Gasteiger partial charge in [0.1, 0.15) is 34.4 Å². The summed E-state index contributed by atoms with van der Waals surface area (Å²) in [5, 5.41) is 13.7. The fourth-order valence-electron chi connectivity index (χ4n) is 4.98. The van der Waals surface area contributed by atoms with Gasteiger partial charge in [0.05, 0.1) is 28.8 Å². The number of hydrogen-bond donors (Lipinski definition) is 3. The first-order chi connectivity index (χ1) is 18.6. The number of fused-ring (bicyclic) bond motifs is 1. The van der Waals surface area contributed by atoms with Crippen LogP contribution in [0.4, 0.5) is 0 Å². The van der Waals surface area contributed by atoms with Crippen LogP contribution in [-0.2, 0) is 24.8 Å². The average molecular weight is 598 g/mol. The molecule has 3 N–H and O–H groups in total. The van der Waals surface area contributed by atoms with Crippen LogP contribution >= 0.6 is 11.7 Å². The Labute approximate surface area is 231 Å². The second-order valence-electron chi connectivity index (χ2n) is 9.74. The summed E-state index contributed by atoms with van der Waals surface area (Å²) in [6.07, 6.45) is 0.985. The summed E-state index contributed by atoms with van der Waals surface area (Å²) < 4.78 is 74.6. The summed E-state index contributed by atoms with van der Waals surface area (Å²) in [6, 6.07) is 11.1. The molecule has 2 saturated heterocycles. The minimum absolute atomic E-state index is 0.000616. The summed E-state index contributed by atoms with van der Waals surface area (Å²) in [7, 11) is -6.01. The van der Waals surface area contributed by atoms with Crippen molar-refractivity contribution in [2.24, 2.45) is 0 Å². The Balaban J connectivity index is 1.10. The van der Waals surface area contributed by atoms with Crippen LogP contribution in [0.15, 0.2) is 52.3 Å². The zero-order chi connectivity index (χ0) is 27.7. The SMILES string of the molecule is CNS(=O)(=O)c1ccccc1OC[C@@H](O)CNC1COC2(CCN(S(=O)(=O)c3ccc4nsnc4c3)CC2)C1. The number of aliphatic hydroxyl groups excluding tert-OH is 1. The molecule has 3 aromatic rings. The third-order valence-electron chi connectivity index (χ3n) is 7.19. The Hall–Kier alpha value is -2.24. The Morgan fingerprint density at radius 2 is 1.90 bits per heavy atom. The lowest BCUT2D eigenvalue weighted by Gasteiger charge is -2.38. The highest BCUT2D eigenvalue weighted by Gasteiger charge is 2.44. The van der Waals surface area contributed by atoms with E-state index in [1.807, 2.05) is 0 Å². The van der Waals surface area contributed by atoms with E-state index in [1.165, 1.54) is 17.4 Å². The summed E-state index contributed by atoms with van der Waals surface area (Å²) in [4.78, 5) is 0.223. The Morgan fingerprint density at radius 1 is 1.15 bits per heavy atom. The lowest BCUT2D eigenvalue weighted by Crippen LogP contribution is -2.47. The van der Waals surface area contributed by atoms with Crippen LogP contribution in [0.1, 0.15) is 19.3 Å². The van der Waals surface area contributed by atoms with Crippen molar-refractivity contribution in [1.29, 1.82) is 0 Å². The highest BCUT2D eigenvalue weighted by atomic mass is 32.2. The maximum Gasteiger partial charge on any atom is 0.243 e. The summed E-state index contributed by atoms with van der Waals surface area (Å²) in [5.74, 6) is 0.166. The Kier molecular flexibility index (Phi) is 8.22. The van der Waals surface area contributed by atoms with Crippen LogP contribution in [0, 0.1) is 0 Å². The third kappa shape index (κ3) is 6.10. The number of nitrogens with zero attached hydrogens (tertiary/aromatic N) is 3. The first-order valence-electron chi connectivity index (χ1n) is 12.6. The van der Waals surface area contributed by atoms with Crippen molar-refractivity contribution < 1.29 is 31.4 Å². The molecule has 212 valence electrons. The van der Waals surface area contributed by atoms with Crippen molar-refractivity contribution in [2.45, 2.75) is 46.8 Å². The first kappa shape index (κ1) is 28.3. The molecular formula is C24H31N5O7S3. The molecule has 0 radical (unpaired) electrons. The zero-order valence-electron chi connectivity index (χ0n) is 21.3. The van der Waals surface area contributed by atoms with Crippen molar-refractivity contribution in [3.8, 4) is 5.75 Å². The number of aliphatic hydroxyl groups is 1. The number of ether oxygens (including phenoxy) is 2. The molecule has 2 fully saturated rings. The molecule has 1 spiro atoms. The van der Waals surface area contributed by atoms with Crippen molar-refractivity contribution >= 4 is 42.8 Å². The first-order valence-corrected chi connectivity index (χ1v) is 16.2. The molecule has 2 aliphatic rings. The van der Waals surface area contributed by atoms with Crippen molar-refractivity contribution in [3.63, 3.8) is 0 Å². The van der Waals surface area contributed by atoms with Crippen LogP contribution in [0.5, 0.6) is 5.75 Å². The van der Waals surface area contributed by atoms with E-state index in [4.69, 9.17) is 9.47 Å². The third-order valence-corrected chi connectivity index (χ3v) is 11.1. The summed E-state index contributed by atoms with van der Waals surface area (Å²) >= 11 is 1.05. The quantitative estimate of drug-likeness (QED) is 0.307. The van der Waals surface area contributed by atoms with E-state index in [2.05, 4.69) is 18.8 Å². The van der Waals surface area contributed by atoms with E-state index < -0.39 is 31.8 Å². The minimum Gasteiger partial charge on any atom is -0.489 e. The van der Waals surface area contributed by atoms with Gasteiger partial charge in [-0.25, -0.2) is 21.6 Å². The topological polar surface area (TPSA) is 160 Å². The number of aromatic nitrogens is 2. The maximum absolute atomic E-state index is 13.2. The largest absolute Gasteiger partial charge is 0.489 e. The van der Waals surface area contributed by atoms with E-state index in [0.717, 1.165) is 11.7 Å². The smallest absolute Gasteiger partial charge is 0.243 e. The van der Waals surface area contributed by atoms with Crippen LogP contribution in [-0.4, -0.2) is 92.6 Å². The van der Waals surface area contributed by atoms with E-state index in [9.17, 15) is 21.9 Å². The monoisotopic (exact) mass is 597 g/mol. The maximum atomic E-state index is 13.2. The molecule has 2 aliphatic heterocycles. The van der Waals surface area contributed by atoms with Crippen molar-refractivity contribution in [1.82, 2.24) is 23.1 Å². The number of benzene rings is 2. The average Bonchev–Trinajstić information content (AvgIpc) is 3.58. The lowest BCUT2D eigenvalue weighted by atomic mass is 9.88. The second kappa shape index (κ2) is 11.3. The fourth-order valence-corrected chi connectivity index (χ4v) is 7.83. The molecular weight excluding hydrogens is 566 g/mol. The Bertz CT molecular complexity index is 1520. The van der Waals surface area contributed by atoms with Gasteiger partial charge in [-0.05, 0) is 56.6 Å². The number of hydrogen-bond acceptors (Lipinski definition) is 11. The second-order valence-corrected chi connectivity index (χ2v) is 14.1. The van der Waals surface area contributed by atoms with Crippen molar-refractivity contribution in [2.75, 3.05) is 39.9 Å². The van der Waals surface area contributed by atoms with Gasteiger partial charge >= 0.3 is 0 Å². The van der Waals surface area contributed by atoms with Gasteiger partial charge in [0.15, 0.2) is 0 Å². The molecule has 1 unspecified atom stereocenters. The molecule has 0 aliphatic carbocycles. The van der Waals surface area contributed by atoms with Crippen LogP contribution in [0.25, 0.3) is 11.0 Å². The molecule has 3 heterocycles.